The number of aromatic nitrogens is 3. The molecule has 0 amide bonds. The van der Waals surface area contributed by atoms with Crippen LogP contribution in [0.1, 0.15) is 50.4 Å². The van der Waals surface area contributed by atoms with Crippen LogP contribution >= 0.6 is 11.6 Å². The summed E-state index contributed by atoms with van der Waals surface area (Å²) in [5.74, 6) is 1.65. The molecule has 1 aliphatic carbocycles. The van der Waals surface area contributed by atoms with Crippen LogP contribution in [0.2, 0.25) is 5.02 Å². The van der Waals surface area contributed by atoms with Crippen LogP contribution in [0.4, 0.5) is 5.82 Å². The molecule has 0 unspecified atom stereocenters. The number of halogens is 1. The van der Waals surface area contributed by atoms with Gasteiger partial charge in [0.25, 0.3) is 0 Å². The highest BCUT2D eigenvalue weighted by atomic mass is 35.5. The lowest BCUT2D eigenvalue weighted by Gasteiger charge is -2.43. The molecule has 2 aromatic heterocycles. The van der Waals surface area contributed by atoms with Crippen molar-refractivity contribution >= 4 is 17.4 Å². The van der Waals surface area contributed by atoms with E-state index in [0.29, 0.717) is 16.1 Å². The second-order valence-electron chi connectivity index (χ2n) is 8.12. The van der Waals surface area contributed by atoms with E-state index in [2.05, 4.69) is 16.8 Å². The van der Waals surface area contributed by atoms with Crippen molar-refractivity contribution in [3.05, 3.63) is 34.9 Å². The number of aryl methyl sites for hydroxylation is 1. The molecule has 1 saturated heterocycles. The summed E-state index contributed by atoms with van der Waals surface area (Å²) in [7, 11) is 0. The molecular weight excluding hydrogens is 360 g/mol. The molecule has 144 valence electrons. The fourth-order valence-corrected chi connectivity index (χ4v) is 5.11. The zero-order valence-electron chi connectivity index (χ0n) is 16.1. The maximum atomic E-state index is 9.94. The molecule has 1 saturated carbocycles. The molecule has 0 aromatic carbocycles. The van der Waals surface area contributed by atoms with Crippen LogP contribution < -0.4 is 4.90 Å². The van der Waals surface area contributed by atoms with E-state index in [9.17, 15) is 5.11 Å². The number of aliphatic hydroxyl groups excluding tert-OH is 1. The van der Waals surface area contributed by atoms with Gasteiger partial charge in [-0.15, -0.1) is 0 Å². The van der Waals surface area contributed by atoms with E-state index in [1.807, 2.05) is 13.0 Å². The van der Waals surface area contributed by atoms with Crippen molar-refractivity contribution in [2.75, 3.05) is 18.0 Å². The van der Waals surface area contributed by atoms with E-state index in [1.54, 1.807) is 12.4 Å². The van der Waals surface area contributed by atoms with E-state index in [4.69, 9.17) is 21.6 Å². The third-order valence-corrected chi connectivity index (χ3v) is 6.87. The Hall–Kier alpha value is -1.72. The first kappa shape index (κ1) is 18.6. The van der Waals surface area contributed by atoms with E-state index in [1.165, 1.54) is 32.1 Å². The topological polar surface area (TPSA) is 62.1 Å². The Kier molecular flexibility index (Phi) is 5.08. The number of anilines is 1. The van der Waals surface area contributed by atoms with Crippen molar-refractivity contribution in [1.29, 1.82) is 0 Å². The molecule has 1 spiro atoms. The zero-order valence-corrected chi connectivity index (χ0v) is 16.8. The van der Waals surface area contributed by atoms with Gasteiger partial charge < -0.3 is 10.0 Å². The molecule has 2 fully saturated rings. The summed E-state index contributed by atoms with van der Waals surface area (Å²) in [6.45, 7) is 6.23. The Morgan fingerprint density at radius 2 is 2.00 bits per heavy atom. The van der Waals surface area contributed by atoms with E-state index < -0.39 is 0 Å². The minimum Gasteiger partial charge on any atom is -0.390 e. The monoisotopic (exact) mass is 386 g/mol. The molecular formula is C21H27ClN4O. The van der Waals surface area contributed by atoms with Crippen molar-refractivity contribution in [1.82, 2.24) is 15.0 Å². The minimum atomic E-state index is -0.123. The lowest BCUT2D eigenvalue weighted by atomic mass is 9.71. The second kappa shape index (κ2) is 7.36. The van der Waals surface area contributed by atoms with Gasteiger partial charge in [0, 0.05) is 31.0 Å². The summed E-state index contributed by atoms with van der Waals surface area (Å²) >= 11 is 6.08. The number of aliphatic hydroxyl groups is 1. The predicted molar refractivity (Wildman–Crippen MR) is 108 cm³/mol. The van der Waals surface area contributed by atoms with Gasteiger partial charge in [0.05, 0.1) is 23.0 Å². The van der Waals surface area contributed by atoms with Crippen LogP contribution in [0.25, 0.3) is 11.3 Å². The number of rotatable bonds is 3. The van der Waals surface area contributed by atoms with Crippen molar-refractivity contribution < 1.29 is 5.11 Å². The summed E-state index contributed by atoms with van der Waals surface area (Å²) in [5.41, 5.74) is 3.54. The highest BCUT2D eigenvalue weighted by Crippen LogP contribution is 2.50. The van der Waals surface area contributed by atoms with Gasteiger partial charge in [-0.1, -0.05) is 31.4 Å². The molecule has 3 heterocycles. The molecule has 2 aliphatic rings. The third-order valence-electron chi connectivity index (χ3n) is 6.67. The number of pyridine rings is 1. The van der Waals surface area contributed by atoms with E-state index >= 15 is 0 Å². The van der Waals surface area contributed by atoms with Gasteiger partial charge in [-0.05, 0) is 43.6 Å². The molecule has 0 bridgehead atoms. The average Bonchev–Trinajstić information content (AvgIpc) is 3.02. The Balaban J connectivity index is 1.61. The Bertz CT molecular complexity index is 833. The van der Waals surface area contributed by atoms with Crippen molar-refractivity contribution in [3.8, 4) is 11.3 Å². The van der Waals surface area contributed by atoms with Crippen molar-refractivity contribution in [2.45, 2.75) is 52.6 Å². The fraction of sp³-hybridized carbons (Fsp3) is 0.571. The van der Waals surface area contributed by atoms with Crippen LogP contribution in [0, 0.1) is 18.3 Å². The van der Waals surface area contributed by atoms with Crippen LogP contribution in [0.5, 0.6) is 0 Å². The standard InChI is InChI=1S/C21H27ClN4O/c1-14-4-3-5-21(14)6-8-26(9-7-21)20-18(13-27)25-19(15(2)24-20)16-10-17(22)12-23-11-16/h10-12,14,27H,3-9,13H2,1-2H3/t14-/m1/s1. The molecule has 4 rings (SSSR count). The van der Waals surface area contributed by atoms with Crippen LogP contribution in [-0.4, -0.2) is 33.1 Å². The van der Waals surface area contributed by atoms with Crippen molar-refractivity contribution in [3.63, 3.8) is 0 Å². The van der Waals surface area contributed by atoms with Gasteiger partial charge in [-0.3, -0.25) is 4.98 Å². The SMILES string of the molecule is Cc1nc(N2CCC3(CCC[C@H]3C)CC2)c(CO)nc1-c1cncc(Cl)c1. The first-order valence-electron chi connectivity index (χ1n) is 9.87. The zero-order chi connectivity index (χ0) is 19.0. The molecule has 5 nitrogen and oxygen atoms in total. The summed E-state index contributed by atoms with van der Waals surface area (Å²) in [5, 5.41) is 10.5. The number of nitrogens with zero attached hydrogens (tertiary/aromatic N) is 4. The summed E-state index contributed by atoms with van der Waals surface area (Å²) < 4.78 is 0. The fourth-order valence-electron chi connectivity index (χ4n) is 4.94. The lowest BCUT2D eigenvalue weighted by molar-refractivity contribution is 0.161. The van der Waals surface area contributed by atoms with Gasteiger partial charge in [0.15, 0.2) is 5.82 Å². The molecule has 2 aromatic rings. The molecule has 1 N–H and O–H groups in total. The first-order chi connectivity index (χ1) is 13.0. The van der Waals surface area contributed by atoms with Crippen LogP contribution in [0.3, 0.4) is 0 Å². The first-order valence-corrected chi connectivity index (χ1v) is 10.2. The number of hydrogen-bond acceptors (Lipinski definition) is 5. The number of piperidine rings is 1. The van der Waals surface area contributed by atoms with Crippen LogP contribution in [0.15, 0.2) is 18.5 Å². The molecule has 0 radical (unpaired) electrons. The number of hydrogen-bond donors (Lipinski definition) is 1. The summed E-state index contributed by atoms with van der Waals surface area (Å²) in [6, 6.07) is 1.83. The second-order valence-corrected chi connectivity index (χ2v) is 8.56. The summed E-state index contributed by atoms with van der Waals surface area (Å²) in [6.07, 6.45) is 9.84. The van der Waals surface area contributed by atoms with Gasteiger partial charge in [-0.2, -0.15) is 0 Å². The minimum absolute atomic E-state index is 0.123. The third kappa shape index (κ3) is 3.43. The maximum absolute atomic E-state index is 9.94. The van der Waals surface area contributed by atoms with Gasteiger partial charge >= 0.3 is 0 Å². The Morgan fingerprint density at radius 3 is 2.63 bits per heavy atom. The molecule has 1 aliphatic heterocycles. The molecule has 1 atom stereocenters. The highest BCUT2D eigenvalue weighted by Gasteiger charge is 2.42. The Morgan fingerprint density at radius 1 is 1.22 bits per heavy atom. The van der Waals surface area contributed by atoms with Crippen molar-refractivity contribution in [2.24, 2.45) is 11.3 Å². The van der Waals surface area contributed by atoms with E-state index in [-0.39, 0.29) is 6.61 Å². The average molecular weight is 387 g/mol. The summed E-state index contributed by atoms with van der Waals surface area (Å²) in [4.78, 5) is 16.0. The van der Waals surface area contributed by atoms with Gasteiger partial charge in [-0.25, -0.2) is 9.97 Å². The highest BCUT2D eigenvalue weighted by molar-refractivity contribution is 6.30. The van der Waals surface area contributed by atoms with Gasteiger partial charge in [0.2, 0.25) is 0 Å². The largest absolute Gasteiger partial charge is 0.390 e. The predicted octanol–water partition coefficient (Wildman–Crippen LogP) is 4.40. The Labute approximate surface area is 165 Å². The van der Waals surface area contributed by atoms with Gasteiger partial charge in [0.1, 0.15) is 5.69 Å². The van der Waals surface area contributed by atoms with Crippen LogP contribution in [-0.2, 0) is 6.61 Å². The quantitative estimate of drug-likeness (QED) is 0.847. The van der Waals surface area contributed by atoms with E-state index in [0.717, 1.165) is 41.8 Å². The maximum Gasteiger partial charge on any atom is 0.153 e. The smallest absolute Gasteiger partial charge is 0.153 e. The lowest BCUT2D eigenvalue weighted by Crippen LogP contribution is -2.42. The molecule has 6 heteroatoms. The normalized spacial score (nSPS) is 21.8. The molecule has 27 heavy (non-hydrogen) atoms.